The average molecular weight is 264 g/mol. The lowest BCUT2D eigenvalue weighted by molar-refractivity contribution is -0.0106. The number of benzene rings is 1. The van der Waals surface area contributed by atoms with Crippen LogP contribution in [-0.4, -0.2) is 36.7 Å². The molecule has 0 amide bonds. The van der Waals surface area contributed by atoms with Crippen molar-refractivity contribution >= 4 is 17.7 Å². The van der Waals surface area contributed by atoms with E-state index >= 15 is 0 Å². The van der Waals surface area contributed by atoms with Crippen LogP contribution in [0.15, 0.2) is 30.3 Å². The minimum Gasteiger partial charge on any atom is -0.379 e. The molecule has 2 fully saturated rings. The van der Waals surface area contributed by atoms with Gasteiger partial charge in [-0.25, -0.2) is 0 Å². The van der Waals surface area contributed by atoms with Gasteiger partial charge in [-0.05, 0) is 30.5 Å². The number of likely N-dealkylation sites (tertiary alicyclic amines) is 1. The van der Waals surface area contributed by atoms with E-state index in [0.29, 0.717) is 5.54 Å². The lowest BCUT2D eigenvalue weighted by atomic mass is 9.84. The number of hydrogen-bond acceptors (Lipinski definition) is 2. The molecule has 2 saturated heterocycles. The normalized spacial score (nSPS) is 28.1. The zero-order valence-electron chi connectivity index (χ0n) is 10.4. The van der Waals surface area contributed by atoms with Gasteiger partial charge >= 0.3 is 0 Å². The second kappa shape index (κ2) is 5.04. The van der Waals surface area contributed by atoms with Crippen LogP contribution >= 0.6 is 11.6 Å². The topological polar surface area (TPSA) is 12.5 Å². The molecule has 2 nitrogen and oxygen atoms in total. The molecule has 3 rings (SSSR count). The Morgan fingerprint density at radius 3 is 2.72 bits per heavy atom. The predicted octanol–water partition coefficient (Wildman–Crippen LogP) is 3.22. The largest absolute Gasteiger partial charge is 0.379 e. The van der Waals surface area contributed by atoms with Crippen LogP contribution in [0.1, 0.15) is 18.4 Å². The molecule has 0 N–H and O–H groups in total. The highest BCUT2D eigenvalue weighted by atomic mass is 35.5. The van der Waals surface area contributed by atoms with Gasteiger partial charge in [-0.2, -0.15) is 0 Å². The molecule has 0 aliphatic carbocycles. The molecule has 2 heterocycles. The third kappa shape index (κ3) is 2.33. The van der Waals surface area contributed by atoms with Crippen molar-refractivity contribution in [3.05, 3.63) is 40.9 Å². The van der Waals surface area contributed by atoms with Crippen molar-refractivity contribution in [2.24, 2.45) is 0 Å². The first-order valence-corrected chi connectivity index (χ1v) is 6.91. The van der Waals surface area contributed by atoms with Crippen LogP contribution in [0.25, 0.3) is 6.08 Å². The van der Waals surface area contributed by atoms with Gasteiger partial charge in [0.05, 0.1) is 6.61 Å². The molecule has 0 saturated carbocycles. The summed E-state index contributed by atoms with van der Waals surface area (Å²) in [5, 5.41) is 0.789. The van der Waals surface area contributed by atoms with Crippen molar-refractivity contribution in [3.63, 3.8) is 0 Å². The van der Waals surface area contributed by atoms with Crippen LogP contribution in [0.2, 0.25) is 5.02 Å². The third-order valence-corrected chi connectivity index (χ3v) is 4.36. The minimum atomic E-state index is 0.365. The molecule has 0 bridgehead atoms. The van der Waals surface area contributed by atoms with Gasteiger partial charge in [-0.1, -0.05) is 35.9 Å². The smallest absolute Gasteiger partial charge is 0.0651 e. The van der Waals surface area contributed by atoms with Crippen LogP contribution in [-0.2, 0) is 4.74 Å². The lowest BCUT2D eigenvalue weighted by Crippen LogP contribution is -2.60. The van der Waals surface area contributed by atoms with E-state index < -0.39 is 0 Å². The Balaban J connectivity index is 1.56. The van der Waals surface area contributed by atoms with Gasteiger partial charge in [0.1, 0.15) is 0 Å². The van der Waals surface area contributed by atoms with E-state index in [4.69, 9.17) is 16.3 Å². The van der Waals surface area contributed by atoms with Gasteiger partial charge in [0.25, 0.3) is 0 Å². The SMILES string of the molecule is Clc1ccc(/C=C/CN2CCC23CCOC3)cc1. The van der Waals surface area contributed by atoms with Crippen LogP contribution < -0.4 is 0 Å². The van der Waals surface area contributed by atoms with E-state index in [-0.39, 0.29) is 0 Å². The van der Waals surface area contributed by atoms with Crippen molar-refractivity contribution in [2.45, 2.75) is 18.4 Å². The fraction of sp³-hybridized carbons (Fsp3) is 0.467. The van der Waals surface area contributed by atoms with Crippen molar-refractivity contribution < 1.29 is 4.74 Å². The van der Waals surface area contributed by atoms with Gasteiger partial charge in [-0.15, -0.1) is 0 Å². The molecule has 0 radical (unpaired) electrons. The van der Waals surface area contributed by atoms with Crippen LogP contribution in [0.5, 0.6) is 0 Å². The molecule has 96 valence electrons. The molecule has 2 aliphatic rings. The Hall–Kier alpha value is -0.830. The highest BCUT2D eigenvalue weighted by Gasteiger charge is 2.46. The van der Waals surface area contributed by atoms with E-state index in [2.05, 4.69) is 17.1 Å². The average Bonchev–Trinajstić information content (AvgIpc) is 2.87. The Morgan fingerprint density at radius 1 is 1.28 bits per heavy atom. The van der Waals surface area contributed by atoms with E-state index in [1.165, 1.54) is 24.9 Å². The summed E-state index contributed by atoms with van der Waals surface area (Å²) >= 11 is 5.86. The lowest BCUT2D eigenvalue weighted by Gasteiger charge is -2.49. The maximum absolute atomic E-state index is 5.86. The quantitative estimate of drug-likeness (QED) is 0.830. The standard InChI is InChI=1S/C15H18ClNO/c16-14-5-3-13(4-6-14)2-1-9-17-10-7-15(17)8-11-18-12-15/h1-6H,7-12H2/b2-1+. The van der Waals surface area contributed by atoms with Crippen molar-refractivity contribution in [2.75, 3.05) is 26.3 Å². The maximum Gasteiger partial charge on any atom is 0.0651 e. The first-order chi connectivity index (χ1) is 8.78. The molecule has 3 heteroatoms. The number of rotatable bonds is 3. The Kier molecular flexibility index (Phi) is 3.42. The number of ether oxygens (including phenoxy) is 1. The number of nitrogens with zero attached hydrogens (tertiary/aromatic N) is 1. The summed E-state index contributed by atoms with van der Waals surface area (Å²) in [6.07, 6.45) is 6.89. The molecule has 0 aromatic heterocycles. The van der Waals surface area contributed by atoms with Crippen molar-refractivity contribution in [3.8, 4) is 0 Å². The van der Waals surface area contributed by atoms with Crippen molar-refractivity contribution in [1.29, 1.82) is 0 Å². The molecule has 1 aromatic rings. The highest BCUT2D eigenvalue weighted by Crippen LogP contribution is 2.37. The summed E-state index contributed by atoms with van der Waals surface area (Å²) in [6.45, 7) is 4.07. The van der Waals surface area contributed by atoms with Crippen LogP contribution in [0.4, 0.5) is 0 Å². The number of hydrogen-bond donors (Lipinski definition) is 0. The fourth-order valence-corrected chi connectivity index (χ4v) is 2.93. The van der Waals surface area contributed by atoms with Gasteiger partial charge in [0.2, 0.25) is 0 Å². The summed E-state index contributed by atoms with van der Waals surface area (Å²) in [4.78, 5) is 2.53. The van der Waals surface area contributed by atoms with Gasteiger partial charge in [0, 0.05) is 30.3 Å². The summed E-state index contributed by atoms with van der Waals surface area (Å²) in [6, 6.07) is 7.95. The molecular weight excluding hydrogens is 246 g/mol. The summed E-state index contributed by atoms with van der Waals surface area (Å²) < 4.78 is 5.53. The molecule has 1 spiro atoms. The molecule has 1 atom stereocenters. The first kappa shape index (κ1) is 12.2. The van der Waals surface area contributed by atoms with Crippen molar-refractivity contribution in [1.82, 2.24) is 4.90 Å². The molecule has 2 aliphatic heterocycles. The molecular formula is C15H18ClNO. The summed E-state index contributed by atoms with van der Waals surface area (Å²) in [5.41, 5.74) is 1.57. The predicted molar refractivity (Wildman–Crippen MR) is 74.8 cm³/mol. The maximum atomic E-state index is 5.86. The van der Waals surface area contributed by atoms with E-state index in [9.17, 15) is 0 Å². The fourth-order valence-electron chi connectivity index (χ4n) is 2.80. The first-order valence-electron chi connectivity index (χ1n) is 6.53. The zero-order valence-corrected chi connectivity index (χ0v) is 11.2. The highest BCUT2D eigenvalue weighted by molar-refractivity contribution is 6.30. The van der Waals surface area contributed by atoms with E-state index in [1.54, 1.807) is 0 Å². The monoisotopic (exact) mass is 263 g/mol. The molecule has 1 aromatic carbocycles. The van der Waals surface area contributed by atoms with E-state index in [0.717, 1.165) is 24.8 Å². The van der Waals surface area contributed by atoms with Gasteiger partial charge in [0.15, 0.2) is 0 Å². The second-order valence-corrected chi connectivity index (χ2v) is 5.61. The molecule has 1 unspecified atom stereocenters. The number of halogens is 1. The second-order valence-electron chi connectivity index (χ2n) is 5.18. The Labute approximate surface area is 113 Å². The Bertz CT molecular complexity index is 434. The Morgan fingerprint density at radius 2 is 2.11 bits per heavy atom. The third-order valence-electron chi connectivity index (χ3n) is 4.11. The summed E-state index contributed by atoms with van der Waals surface area (Å²) in [7, 11) is 0. The van der Waals surface area contributed by atoms with E-state index in [1.807, 2.05) is 24.3 Å². The summed E-state index contributed by atoms with van der Waals surface area (Å²) in [5.74, 6) is 0. The van der Waals surface area contributed by atoms with Gasteiger partial charge < -0.3 is 4.74 Å². The zero-order chi connectivity index (χ0) is 12.4. The van der Waals surface area contributed by atoms with Gasteiger partial charge in [-0.3, -0.25) is 4.90 Å². The molecule has 18 heavy (non-hydrogen) atoms. The van der Waals surface area contributed by atoms with Crippen LogP contribution in [0, 0.1) is 0 Å². The minimum absolute atomic E-state index is 0.365. The van der Waals surface area contributed by atoms with Crippen LogP contribution in [0.3, 0.4) is 0 Å².